The number of carbonyl (C=O) groups excluding carboxylic acids is 2. The lowest BCUT2D eigenvalue weighted by molar-refractivity contribution is -0.137. The Morgan fingerprint density at radius 2 is 2.06 bits per heavy atom. The number of nitrogens with zero attached hydrogens (tertiary/aromatic N) is 3. The van der Waals surface area contributed by atoms with Gasteiger partial charge in [0.15, 0.2) is 17.2 Å². The van der Waals surface area contributed by atoms with E-state index in [2.05, 4.69) is 20.3 Å². The van der Waals surface area contributed by atoms with Crippen LogP contribution in [0.3, 0.4) is 0 Å². The van der Waals surface area contributed by atoms with E-state index < -0.39 is 35.2 Å². The molecule has 188 valence electrons. The number of hydrogen-bond acceptors (Lipinski definition) is 5. The number of carbonyl (C=O) groups is 2. The van der Waals surface area contributed by atoms with Crippen LogP contribution in [0.25, 0.3) is 0 Å². The molecule has 2 aromatic heterocycles. The van der Waals surface area contributed by atoms with Crippen LogP contribution >= 0.6 is 11.6 Å². The molecule has 1 atom stereocenters. The predicted octanol–water partition coefficient (Wildman–Crippen LogP) is 4.90. The number of nitrogens with one attached hydrogen (secondary N) is 2. The number of amides is 2. The topological polar surface area (TPSA) is 100 Å². The maximum Gasteiger partial charge on any atom is 0.417 e. The van der Waals surface area contributed by atoms with E-state index in [9.17, 15) is 22.8 Å². The Balaban J connectivity index is 1.37. The summed E-state index contributed by atoms with van der Waals surface area (Å²) in [5, 5.41) is 2.32. The standard InChI is InChI=1S/C23H18ClF4N5O3/c24-15-2-3-16-17(18(15)25)22(36-21(35)32-16)4-1-5-33(11-22)20(34)19-30-10-14(31-19)7-12-6-13(9-29-8-12)23(26,27)28/h2-3,6,8-10H,1,4-5,7,11H2,(H,30,31)(H,32,35)/t22-/m0/s1. The Bertz CT molecular complexity index is 1360. The van der Waals surface area contributed by atoms with Crippen molar-refractivity contribution in [2.24, 2.45) is 0 Å². The fourth-order valence-corrected chi connectivity index (χ4v) is 4.77. The largest absolute Gasteiger partial charge is 0.436 e. The molecule has 4 heterocycles. The first-order chi connectivity index (χ1) is 17.1. The highest BCUT2D eigenvalue weighted by Crippen LogP contribution is 2.45. The summed E-state index contributed by atoms with van der Waals surface area (Å²) in [6, 6.07) is 3.78. The number of fused-ring (bicyclic) bond motifs is 2. The Labute approximate surface area is 206 Å². The molecule has 1 spiro atoms. The molecule has 0 aliphatic carbocycles. The lowest BCUT2D eigenvalue weighted by Gasteiger charge is -2.44. The Morgan fingerprint density at radius 3 is 2.83 bits per heavy atom. The molecular formula is C23H18ClF4N5O3. The third-order valence-electron chi connectivity index (χ3n) is 6.17. The van der Waals surface area contributed by atoms with Gasteiger partial charge in [0.2, 0.25) is 0 Å². The molecule has 2 amide bonds. The molecular weight excluding hydrogens is 506 g/mol. The second kappa shape index (κ2) is 8.77. The Kier molecular flexibility index (Phi) is 5.86. The van der Waals surface area contributed by atoms with Crippen LogP contribution in [-0.2, 0) is 22.9 Å². The van der Waals surface area contributed by atoms with Crippen molar-refractivity contribution in [3.8, 4) is 0 Å². The Hall–Kier alpha value is -3.67. The summed E-state index contributed by atoms with van der Waals surface area (Å²) < 4.78 is 59.5. The molecule has 13 heteroatoms. The molecule has 0 radical (unpaired) electrons. The lowest BCUT2D eigenvalue weighted by atomic mass is 9.83. The molecule has 5 rings (SSSR count). The number of alkyl halides is 3. The first-order valence-electron chi connectivity index (χ1n) is 10.9. The quantitative estimate of drug-likeness (QED) is 0.476. The van der Waals surface area contributed by atoms with Crippen molar-refractivity contribution in [1.82, 2.24) is 19.9 Å². The van der Waals surface area contributed by atoms with Gasteiger partial charge in [0.1, 0.15) is 0 Å². The van der Waals surface area contributed by atoms with Crippen molar-refractivity contribution >= 4 is 29.3 Å². The van der Waals surface area contributed by atoms with Gasteiger partial charge in [-0.15, -0.1) is 0 Å². The maximum absolute atomic E-state index is 15.0. The zero-order valence-electron chi connectivity index (χ0n) is 18.5. The summed E-state index contributed by atoms with van der Waals surface area (Å²) in [6.07, 6.45) is -1.17. The number of pyridine rings is 1. The van der Waals surface area contributed by atoms with E-state index >= 15 is 4.39 Å². The molecule has 1 aromatic carbocycles. The highest BCUT2D eigenvalue weighted by molar-refractivity contribution is 6.31. The normalized spacial score (nSPS) is 19.6. The van der Waals surface area contributed by atoms with E-state index in [1.165, 1.54) is 29.4 Å². The lowest BCUT2D eigenvalue weighted by Crippen LogP contribution is -2.53. The predicted molar refractivity (Wildman–Crippen MR) is 119 cm³/mol. The zero-order chi connectivity index (χ0) is 25.7. The van der Waals surface area contributed by atoms with E-state index in [-0.39, 0.29) is 47.0 Å². The number of halogens is 5. The number of likely N-dealkylation sites (tertiary alicyclic amines) is 1. The molecule has 8 nitrogen and oxygen atoms in total. The minimum Gasteiger partial charge on any atom is -0.436 e. The van der Waals surface area contributed by atoms with Crippen LogP contribution < -0.4 is 5.32 Å². The molecule has 0 saturated carbocycles. The van der Waals surface area contributed by atoms with E-state index in [1.54, 1.807) is 0 Å². The minimum atomic E-state index is -4.53. The van der Waals surface area contributed by atoms with Crippen LogP contribution in [0.1, 0.15) is 45.8 Å². The molecule has 36 heavy (non-hydrogen) atoms. The summed E-state index contributed by atoms with van der Waals surface area (Å²) in [6.45, 7) is 0.174. The molecule has 1 fully saturated rings. The van der Waals surface area contributed by atoms with Crippen LogP contribution in [0.15, 0.2) is 36.8 Å². The molecule has 2 aliphatic heterocycles. The van der Waals surface area contributed by atoms with Gasteiger partial charge in [-0.1, -0.05) is 11.6 Å². The summed E-state index contributed by atoms with van der Waals surface area (Å²) in [7, 11) is 0. The summed E-state index contributed by atoms with van der Waals surface area (Å²) in [4.78, 5) is 37.4. The molecule has 0 unspecified atom stereocenters. The number of rotatable bonds is 3. The van der Waals surface area contributed by atoms with Gasteiger partial charge in [-0.05, 0) is 36.6 Å². The number of imidazole rings is 1. The summed E-state index contributed by atoms with van der Waals surface area (Å²) in [5.41, 5.74) is -1.32. The maximum atomic E-state index is 15.0. The van der Waals surface area contributed by atoms with Gasteiger partial charge in [-0.2, -0.15) is 13.2 Å². The van der Waals surface area contributed by atoms with Gasteiger partial charge in [0.25, 0.3) is 5.91 Å². The van der Waals surface area contributed by atoms with Crippen LogP contribution in [0.5, 0.6) is 0 Å². The van der Waals surface area contributed by atoms with Crippen molar-refractivity contribution < 1.29 is 31.9 Å². The first-order valence-corrected chi connectivity index (χ1v) is 11.3. The van der Waals surface area contributed by atoms with Gasteiger partial charge < -0.3 is 14.6 Å². The smallest absolute Gasteiger partial charge is 0.417 e. The average Bonchev–Trinajstić information content (AvgIpc) is 3.29. The SMILES string of the molecule is O=C1Nc2ccc(Cl)c(F)c2[C@@]2(CCCN(C(=O)c3ncc(Cc4cncc(C(F)(F)F)c4)[nH]3)C2)O1. The van der Waals surface area contributed by atoms with Crippen LogP contribution in [0.2, 0.25) is 5.02 Å². The molecule has 0 bridgehead atoms. The van der Waals surface area contributed by atoms with Crippen LogP contribution in [0.4, 0.5) is 28.0 Å². The Morgan fingerprint density at radius 1 is 1.25 bits per heavy atom. The molecule has 2 aliphatic rings. The van der Waals surface area contributed by atoms with Crippen molar-refractivity contribution in [2.45, 2.75) is 31.0 Å². The molecule has 3 aromatic rings. The van der Waals surface area contributed by atoms with Crippen molar-refractivity contribution in [1.29, 1.82) is 0 Å². The number of benzene rings is 1. The fourth-order valence-electron chi connectivity index (χ4n) is 4.61. The van der Waals surface area contributed by atoms with Gasteiger partial charge >= 0.3 is 12.3 Å². The van der Waals surface area contributed by atoms with Gasteiger partial charge in [0, 0.05) is 37.3 Å². The number of anilines is 1. The van der Waals surface area contributed by atoms with Crippen LogP contribution in [0, 0.1) is 5.82 Å². The van der Waals surface area contributed by atoms with E-state index in [4.69, 9.17) is 16.3 Å². The van der Waals surface area contributed by atoms with Crippen molar-refractivity contribution in [3.63, 3.8) is 0 Å². The zero-order valence-corrected chi connectivity index (χ0v) is 19.2. The van der Waals surface area contributed by atoms with E-state index in [0.29, 0.717) is 18.7 Å². The van der Waals surface area contributed by atoms with Crippen molar-refractivity contribution in [3.05, 3.63) is 75.8 Å². The summed E-state index contributed by atoms with van der Waals surface area (Å²) >= 11 is 5.98. The second-order valence-corrected chi connectivity index (χ2v) is 9.04. The molecule has 1 saturated heterocycles. The van der Waals surface area contributed by atoms with Gasteiger partial charge in [-0.25, -0.2) is 14.2 Å². The number of aromatic amines is 1. The highest BCUT2D eigenvalue weighted by Gasteiger charge is 2.48. The third kappa shape index (κ3) is 4.36. The van der Waals surface area contributed by atoms with Gasteiger partial charge in [-0.3, -0.25) is 15.1 Å². The van der Waals surface area contributed by atoms with E-state index in [1.807, 2.05) is 0 Å². The molecule has 2 N–H and O–H groups in total. The fraction of sp³-hybridized carbons (Fsp3) is 0.304. The summed E-state index contributed by atoms with van der Waals surface area (Å²) in [5.74, 6) is -1.31. The highest BCUT2D eigenvalue weighted by atomic mass is 35.5. The van der Waals surface area contributed by atoms with E-state index in [0.717, 1.165) is 12.3 Å². The number of piperidine rings is 1. The van der Waals surface area contributed by atoms with Gasteiger partial charge in [0.05, 0.1) is 28.4 Å². The van der Waals surface area contributed by atoms with Crippen molar-refractivity contribution in [2.75, 3.05) is 18.4 Å². The minimum absolute atomic E-state index is 0.0432. The number of hydrogen-bond donors (Lipinski definition) is 2. The second-order valence-electron chi connectivity index (χ2n) is 8.64. The monoisotopic (exact) mass is 523 g/mol. The number of aromatic nitrogens is 3. The third-order valence-corrected chi connectivity index (χ3v) is 6.46. The average molecular weight is 524 g/mol. The van der Waals surface area contributed by atoms with Crippen LogP contribution in [-0.4, -0.2) is 44.9 Å². The first kappa shape index (κ1) is 24.0. The number of ether oxygens (including phenoxy) is 1. The number of H-pyrrole nitrogens is 1.